The molecule has 0 unspecified atom stereocenters. The Labute approximate surface area is 30.2 Å². The van der Waals surface area contributed by atoms with E-state index >= 15 is 0 Å². The molecule has 0 aromatic carbocycles. The maximum absolute atomic E-state index is 9.95. The first-order valence-electron chi connectivity index (χ1n) is 0.475. The van der Waals surface area contributed by atoms with Crippen LogP contribution in [0.2, 0.25) is 0 Å². The van der Waals surface area contributed by atoms with Crippen LogP contribution in [0.1, 0.15) is 0 Å². The Hall–Kier alpha value is 0.450. The van der Waals surface area contributed by atoms with Gasteiger partial charge in [0.1, 0.15) is 0 Å². The van der Waals surface area contributed by atoms with Gasteiger partial charge in [0, 0.05) is 0 Å². The van der Waals surface area contributed by atoms with Crippen LogP contribution in [0.15, 0.2) is 0 Å². The van der Waals surface area contributed by atoms with Gasteiger partial charge in [0.25, 0.3) is 0 Å². The molecule has 0 aliphatic carbocycles. The molecule has 26 valence electrons. The third-order valence-electron chi connectivity index (χ3n) is 0. The molecule has 4 heavy (non-hydrogen) atoms. The van der Waals surface area contributed by atoms with Crippen molar-refractivity contribution in [3.8, 4) is 0 Å². The molecule has 0 aromatic heterocycles. The van der Waals surface area contributed by atoms with Gasteiger partial charge >= 0.3 is 29.6 Å². The van der Waals surface area contributed by atoms with Gasteiger partial charge in [0.2, 0.25) is 0 Å². The van der Waals surface area contributed by atoms with Gasteiger partial charge in [-0.3, -0.25) is 0 Å². The zero-order valence-corrected chi connectivity index (χ0v) is 3.90. The van der Waals surface area contributed by atoms with Crippen LogP contribution in [-0.4, -0.2) is 20.7 Å². The third kappa shape index (κ3) is 25.5. The van der Waals surface area contributed by atoms with Crippen LogP contribution in [0.3, 0.4) is 0 Å². The van der Waals surface area contributed by atoms with Gasteiger partial charge in [-0.2, -0.15) is 0 Å². The zero-order chi connectivity index (χ0) is 3.58. The van der Waals surface area contributed by atoms with Crippen molar-refractivity contribution in [2.75, 3.05) is 0 Å². The molecule has 0 N–H and O–H groups in total. The second-order valence-electron chi connectivity index (χ2n) is 0.184. The van der Waals surface area contributed by atoms with Crippen molar-refractivity contribution in [3.63, 3.8) is 0 Å². The van der Waals surface area contributed by atoms with Crippen LogP contribution in [0.4, 0.5) is 5.78 Å². The van der Waals surface area contributed by atoms with Crippen molar-refractivity contribution >= 4 is 20.7 Å². The summed E-state index contributed by atoms with van der Waals surface area (Å²) in [7, 11) is 0. The van der Waals surface area contributed by atoms with Crippen LogP contribution < -0.4 is 0 Å². The van der Waals surface area contributed by atoms with Crippen molar-refractivity contribution in [2.24, 2.45) is 0 Å². The summed E-state index contributed by atoms with van der Waals surface area (Å²) in [6.45, 7) is 0. The summed E-state index contributed by atoms with van der Waals surface area (Å²) in [4.78, 5) is 0. The fourth-order valence-electron chi connectivity index (χ4n) is 0. The number of rotatable bonds is 0. The molecule has 0 saturated carbocycles. The van der Waals surface area contributed by atoms with Gasteiger partial charge in [0.05, 0.1) is 0 Å². The van der Waals surface area contributed by atoms with E-state index in [0.717, 1.165) is 0 Å². The molecular formula is F2OTe. The average molecular weight is 182 g/mol. The third-order valence-corrected chi connectivity index (χ3v) is 0. The van der Waals surface area contributed by atoms with E-state index in [4.69, 9.17) is 3.10 Å². The van der Waals surface area contributed by atoms with Gasteiger partial charge in [-0.25, -0.2) is 0 Å². The van der Waals surface area contributed by atoms with Crippen molar-refractivity contribution in [2.45, 2.75) is 0 Å². The zero-order valence-electron chi connectivity index (χ0n) is 1.57. The molecule has 0 aliphatic rings. The number of halogens is 2. The minimum absolute atomic E-state index is 4.61. The summed E-state index contributed by atoms with van der Waals surface area (Å²) in [5.41, 5.74) is 0. The standard InChI is InChI=1S/F2OTe/c1-4(2)3. The molecule has 0 heterocycles. The van der Waals surface area contributed by atoms with E-state index in [-0.39, 0.29) is 0 Å². The van der Waals surface area contributed by atoms with E-state index in [0.29, 0.717) is 0 Å². The van der Waals surface area contributed by atoms with Crippen LogP contribution in [0.25, 0.3) is 0 Å². The van der Waals surface area contributed by atoms with Gasteiger partial charge in [0.15, 0.2) is 0 Å². The minimum atomic E-state index is -4.61. The maximum atomic E-state index is 9.95. The Bertz CT molecular complexity index is 29.0. The van der Waals surface area contributed by atoms with Gasteiger partial charge in [-0.1, -0.05) is 0 Å². The summed E-state index contributed by atoms with van der Waals surface area (Å²) >= 11 is -4.61. The molecule has 0 fully saturated rings. The molecule has 0 radical (unpaired) electrons. The quantitative estimate of drug-likeness (QED) is 0.493. The predicted molar refractivity (Wildman–Crippen MR) is 8.66 cm³/mol. The first-order chi connectivity index (χ1) is 1.73. The second-order valence-corrected chi connectivity index (χ2v) is 1.24. The van der Waals surface area contributed by atoms with Gasteiger partial charge < -0.3 is 0 Å². The summed E-state index contributed by atoms with van der Waals surface area (Å²) < 4.78 is 28.3. The molecule has 0 rings (SSSR count). The summed E-state index contributed by atoms with van der Waals surface area (Å²) in [5.74, 6) is 0. The van der Waals surface area contributed by atoms with E-state index < -0.39 is 20.7 Å². The van der Waals surface area contributed by atoms with Gasteiger partial charge in [-0.15, -0.1) is 0 Å². The fourth-order valence-corrected chi connectivity index (χ4v) is 0. The summed E-state index contributed by atoms with van der Waals surface area (Å²) in [5, 5.41) is 0. The molecule has 0 saturated heterocycles. The van der Waals surface area contributed by atoms with E-state index in [2.05, 4.69) is 0 Å². The van der Waals surface area contributed by atoms with Crippen molar-refractivity contribution in [1.29, 1.82) is 0 Å². The molecule has 0 amide bonds. The van der Waals surface area contributed by atoms with Crippen molar-refractivity contribution < 1.29 is 8.89 Å². The molecule has 1 nitrogen and oxygen atoms in total. The molecule has 0 aromatic rings. The van der Waals surface area contributed by atoms with E-state index in [1.54, 1.807) is 0 Å². The summed E-state index contributed by atoms with van der Waals surface area (Å²) in [6.07, 6.45) is 0. The Morgan fingerprint density at radius 3 is 1.50 bits per heavy atom. The van der Waals surface area contributed by atoms with E-state index in [1.807, 2.05) is 0 Å². The average Bonchev–Trinajstić information content (AvgIpc) is 0.811. The Morgan fingerprint density at radius 2 is 1.50 bits per heavy atom. The topological polar surface area (TPSA) is 17.1 Å². The Kier molecular flexibility index (Phi) is 1.94. The van der Waals surface area contributed by atoms with Crippen LogP contribution in [0.5, 0.6) is 0 Å². The molecule has 0 bridgehead atoms. The van der Waals surface area contributed by atoms with Crippen molar-refractivity contribution in [1.82, 2.24) is 0 Å². The van der Waals surface area contributed by atoms with Crippen LogP contribution in [0, 0.1) is 0 Å². The van der Waals surface area contributed by atoms with Crippen LogP contribution >= 0.6 is 0 Å². The van der Waals surface area contributed by atoms with Gasteiger partial charge in [-0.05, 0) is 0 Å². The summed E-state index contributed by atoms with van der Waals surface area (Å²) in [6, 6.07) is 0. The normalized spacial score (nSPS) is 8.75. The van der Waals surface area contributed by atoms with Crippen molar-refractivity contribution in [3.05, 3.63) is 0 Å². The Balaban J connectivity index is 2.80. The van der Waals surface area contributed by atoms with Crippen LogP contribution in [-0.2, 0) is 3.10 Å². The first kappa shape index (κ1) is 4.45. The SMILES string of the molecule is O=[Te](F)F. The number of hydrogen-bond donors (Lipinski definition) is 0. The molecule has 4 heteroatoms. The molecule has 0 aliphatic heterocycles. The molecule has 0 atom stereocenters. The monoisotopic (exact) mass is 184 g/mol. The fraction of sp³-hybridized carbons (Fsp3) is 0. The Morgan fingerprint density at radius 1 is 1.50 bits per heavy atom. The number of hydrogen-bond acceptors (Lipinski definition) is 1. The molecule has 0 spiro atoms. The van der Waals surface area contributed by atoms with E-state index in [9.17, 15) is 5.78 Å². The predicted octanol–water partition coefficient (Wildman–Crippen LogP) is 0.341. The van der Waals surface area contributed by atoms with E-state index in [1.165, 1.54) is 0 Å². The second kappa shape index (κ2) is 1.74. The molecular weight excluding hydrogens is 182 g/mol. The first-order valence-corrected chi connectivity index (χ1v) is 3.19.